The molecule has 0 unspecified atom stereocenters. The first kappa shape index (κ1) is 10.4. The summed E-state index contributed by atoms with van der Waals surface area (Å²) in [6.45, 7) is 0.670. The molecule has 0 aliphatic carbocycles. The van der Waals surface area contributed by atoms with Gasteiger partial charge in [0.15, 0.2) is 0 Å². The molecule has 2 aromatic rings. The van der Waals surface area contributed by atoms with Crippen molar-refractivity contribution in [2.75, 3.05) is 17.6 Å². The van der Waals surface area contributed by atoms with Gasteiger partial charge in [0.25, 0.3) is 0 Å². The van der Waals surface area contributed by atoms with E-state index in [1.807, 2.05) is 0 Å². The molecule has 5 nitrogen and oxygen atoms in total. The SMILES string of the molecule is Nc1nc(NCCc2ccc(F)cc2)n[nH]1. The summed E-state index contributed by atoms with van der Waals surface area (Å²) in [5, 5.41) is 9.36. The van der Waals surface area contributed by atoms with Crippen molar-refractivity contribution in [2.45, 2.75) is 6.42 Å². The van der Waals surface area contributed by atoms with Crippen LogP contribution < -0.4 is 11.1 Å². The molecule has 0 amide bonds. The fourth-order valence-corrected chi connectivity index (χ4v) is 1.32. The average Bonchev–Trinajstić information content (AvgIpc) is 2.67. The molecule has 0 fully saturated rings. The lowest BCUT2D eigenvalue weighted by Gasteiger charge is -2.01. The van der Waals surface area contributed by atoms with Gasteiger partial charge in [0, 0.05) is 6.54 Å². The lowest BCUT2D eigenvalue weighted by molar-refractivity contribution is 0.627. The van der Waals surface area contributed by atoms with E-state index in [4.69, 9.17) is 5.73 Å². The van der Waals surface area contributed by atoms with Gasteiger partial charge in [-0.25, -0.2) is 9.49 Å². The molecule has 1 aromatic heterocycles. The second-order valence-electron chi connectivity index (χ2n) is 3.35. The van der Waals surface area contributed by atoms with Gasteiger partial charge in [-0.15, -0.1) is 5.10 Å². The molecule has 1 aromatic carbocycles. The zero-order chi connectivity index (χ0) is 11.4. The number of aromatic nitrogens is 3. The van der Waals surface area contributed by atoms with E-state index in [-0.39, 0.29) is 11.8 Å². The Morgan fingerprint density at radius 1 is 1.31 bits per heavy atom. The van der Waals surface area contributed by atoms with Gasteiger partial charge in [0.2, 0.25) is 11.9 Å². The summed E-state index contributed by atoms with van der Waals surface area (Å²) < 4.78 is 12.6. The Morgan fingerprint density at radius 3 is 2.69 bits per heavy atom. The maximum absolute atomic E-state index is 12.6. The van der Waals surface area contributed by atoms with Crippen LogP contribution in [0, 0.1) is 5.82 Å². The summed E-state index contributed by atoms with van der Waals surface area (Å²) in [7, 11) is 0. The van der Waals surface area contributed by atoms with Crippen LogP contribution in [0.25, 0.3) is 0 Å². The summed E-state index contributed by atoms with van der Waals surface area (Å²) in [5.41, 5.74) is 6.42. The number of H-pyrrole nitrogens is 1. The third-order valence-corrected chi connectivity index (χ3v) is 2.11. The molecule has 0 atom stereocenters. The number of hydrogen-bond donors (Lipinski definition) is 3. The minimum Gasteiger partial charge on any atom is -0.368 e. The molecule has 1 heterocycles. The van der Waals surface area contributed by atoms with E-state index in [0.29, 0.717) is 12.5 Å². The van der Waals surface area contributed by atoms with E-state index in [1.165, 1.54) is 12.1 Å². The summed E-state index contributed by atoms with van der Waals surface area (Å²) in [6, 6.07) is 6.40. The number of hydrogen-bond acceptors (Lipinski definition) is 4. The zero-order valence-electron chi connectivity index (χ0n) is 8.57. The number of nitrogens with one attached hydrogen (secondary N) is 2. The molecule has 84 valence electrons. The van der Waals surface area contributed by atoms with Gasteiger partial charge >= 0.3 is 0 Å². The normalized spacial score (nSPS) is 10.3. The van der Waals surface area contributed by atoms with Gasteiger partial charge in [-0.3, -0.25) is 0 Å². The maximum Gasteiger partial charge on any atom is 0.243 e. The highest BCUT2D eigenvalue weighted by molar-refractivity contribution is 5.30. The van der Waals surface area contributed by atoms with Crippen LogP contribution in [-0.4, -0.2) is 21.7 Å². The van der Waals surface area contributed by atoms with Crippen molar-refractivity contribution in [3.63, 3.8) is 0 Å². The van der Waals surface area contributed by atoms with Crippen LogP contribution in [0.1, 0.15) is 5.56 Å². The number of benzene rings is 1. The van der Waals surface area contributed by atoms with Gasteiger partial charge < -0.3 is 11.1 Å². The molecule has 0 aliphatic heterocycles. The predicted molar refractivity (Wildman–Crippen MR) is 59.4 cm³/mol. The van der Waals surface area contributed by atoms with E-state index in [2.05, 4.69) is 20.5 Å². The highest BCUT2D eigenvalue weighted by Gasteiger charge is 1.99. The monoisotopic (exact) mass is 221 g/mol. The molecule has 16 heavy (non-hydrogen) atoms. The standard InChI is InChI=1S/C10H12FN5/c11-8-3-1-7(2-4-8)5-6-13-10-14-9(12)15-16-10/h1-4H,5-6H2,(H4,12,13,14,15,16). The summed E-state index contributed by atoms with van der Waals surface area (Å²) in [6.07, 6.45) is 0.773. The average molecular weight is 221 g/mol. The van der Waals surface area contributed by atoms with Crippen LogP contribution in [0.4, 0.5) is 16.3 Å². The number of aromatic amines is 1. The van der Waals surface area contributed by atoms with Crippen molar-refractivity contribution in [3.8, 4) is 0 Å². The van der Waals surface area contributed by atoms with Crippen LogP contribution in [-0.2, 0) is 6.42 Å². The molecular weight excluding hydrogens is 209 g/mol. The van der Waals surface area contributed by atoms with E-state index in [9.17, 15) is 4.39 Å². The Kier molecular flexibility index (Phi) is 3.00. The first-order chi connectivity index (χ1) is 7.74. The first-order valence-electron chi connectivity index (χ1n) is 4.90. The Morgan fingerprint density at radius 2 is 2.06 bits per heavy atom. The quantitative estimate of drug-likeness (QED) is 0.724. The largest absolute Gasteiger partial charge is 0.368 e. The highest BCUT2D eigenvalue weighted by Crippen LogP contribution is 2.04. The van der Waals surface area contributed by atoms with Crippen molar-refractivity contribution < 1.29 is 4.39 Å². The van der Waals surface area contributed by atoms with E-state index in [0.717, 1.165) is 12.0 Å². The number of anilines is 2. The fourth-order valence-electron chi connectivity index (χ4n) is 1.32. The number of rotatable bonds is 4. The Labute approximate surface area is 91.9 Å². The van der Waals surface area contributed by atoms with E-state index >= 15 is 0 Å². The van der Waals surface area contributed by atoms with Crippen LogP contribution in [0.5, 0.6) is 0 Å². The van der Waals surface area contributed by atoms with E-state index in [1.54, 1.807) is 12.1 Å². The smallest absolute Gasteiger partial charge is 0.243 e. The van der Waals surface area contributed by atoms with Crippen molar-refractivity contribution in [2.24, 2.45) is 0 Å². The number of nitrogens with zero attached hydrogens (tertiary/aromatic N) is 2. The highest BCUT2D eigenvalue weighted by atomic mass is 19.1. The van der Waals surface area contributed by atoms with E-state index < -0.39 is 0 Å². The lowest BCUT2D eigenvalue weighted by Crippen LogP contribution is -2.06. The van der Waals surface area contributed by atoms with Gasteiger partial charge in [-0.1, -0.05) is 12.1 Å². The Hall–Kier alpha value is -2.11. The molecule has 4 N–H and O–H groups in total. The molecule has 0 bridgehead atoms. The number of halogens is 1. The van der Waals surface area contributed by atoms with Crippen LogP contribution in [0.2, 0.25) is 0 Å². The summed E-state index contributed by atoms with van der Waals surface area (Å²) >= 11 is 0. The third kappa shape index (κ3) is 2.69. The third-order valence-electron chi connectivity index (χ3n) is 2.11. The second-order valence-corrected chi connectivity index (χ2v) is 3.35. The van der Waals surface area contributed by atoms with Gasteiger partial charge in [0.05, 0.1) is 0 Å². The maximum atomic E-state index is 12.6. The number of nitrogen functional groups attached to an aromatic ring is 1. The molecule has 6 heteroatoms. The molecule has 0 radical (unpaired) electrons. The first-order valence-corrected chi connectivity index (χ1v) is 4.90. The van der Waals surface area contributed by atoms with Crippen LogP contribution >= 0.6 is 0 Å². The number of nitrogens with two attached hydrogens (primary N) is 1. The molecule has 0 saturated heterocycles. The molecular formula is C10H12FN5. The van der Waals surface area contributed by atoms with Crippen molar-refractivity contribution in [3.05, 3.63) is 35.6 Å². The fraction of sp³-hybridized carbons (Fsp3) is 0.200. The minimum atomic E-state index is -0.224. The molecule has 0 saturated carbocycles. The van der Waals surface area contributed by atoms with Gasteiger partial charge in [0.1, 0.15) is 5.82 Å². The van der Waals surface area contributed by atoms with Crippen molar-refractivity contribution in [1.82, 2.24) is 15.2 Å². The Balaban J connectivity index is 1.82. The molecule has 0 spiro atoms. The lowest BCUT2D eigenvalue weighted by atomic mass is 10.1. The van der Waals surface area contributed by atoms with Crippen molar-refractivity contribution >= 4 is 11.9 Å². The Bertz CT molecular complexity index is 450. The summed E-state index contributed by atoms with van der Waals surface area (Å²) in [4.78, 5) is 3.90. The van der Waals surface area contributed by atoms with Crippen LogP contribution in [0.3, 0.4) is 0 Å². The minimum absolute atomic E-state index is 0.224. The van der Waals surface area contributed by atoms with Crippen molar-refractivity contribution in [1.29, 1.82) is 0 Å². The predicted octanol–water partition coefficient (Wildman–Crippen LogP) is 1.18. The summed E-state index contributed by atoms with van der Waals surface area (Å²) in [5.74, 6) is 0.530. The topological polar surface area (TPSA) is 79.6 Å². The van der Waals surface area contributed by atoms with Gasteiger partial charge in [-0.05, 0) is 24.1 Å². The second kappa shape index (κ2) is 4.61. The molecule has 2 rings (SSSR count). The van der Waals surface area contributed by atoms with Gasteiger partial charge in [-0.2, -0.15) is 4.98 Å². The van der Waals surface area contributed by atoms with Crippen LogP contribution in [0.15, 0.2) is 24.3 Å². The molecule has 0 aliphatic rings. The zero-order valence-corrected chi connectivity index (χ0v) is 8.57.